The number of carboxylic acids is 1. The highest BCUT2D eigenvalue weighted by Gasteiger charge is 2.29. The van der Waals surface area contributed by atoms with Crippen LogP contribution in [0.15, 0.2) is 72.8 Å². The van der Waals surface area contributed by atoms with E-state index in [-0.39, 0.29) is 24.7 Å². The third-order valence-corrected chi connectivity index (χ3v) is 5.31. The smallest absolute Gasteiger partial charge is 0.407 e. The first-order valence-corrected chi connectivity index (χ1v) is 9.65. The second-order valence-electron chi connectivity index (χ2n) is 7.21. The van der Waals surface area contributed by atoms with Gasteiger partial charge in [-0.3, -0.25) is 4.79 Å². The van der Waals surface area contributed by atoms with Crippen molar-refractivity contribution in [3.8, 4) is 16.9 Å². The van der Waals surface area contributed by atoms with Crippen LogP contribution in [-0.2, 0) is 9.53 Å². The number of carbonyl (C=O) groups is 2. The number of phenols is 1. The summed E-state index contributed by atoms with van der Waals surface area (Å²) in [6, 6.07) is 21.4. The number of ether oxygens (including phenoxy) is 1. The number of hydrogen-bond acceptors (Lipinski definition) is 4. The van der Waals surface area contributed by atoms with Gasteiger partial charge < -0.3 is 20.3 Å². The Morgan fingerprint density at radius 3 is 2.03 bits per heavy atom. The molecule has 6 heteroatoms. The molecule has 152 valence electrons. The number of amides is 1. The Hall–Kier alpha value is -3.80. The Kier molecular flexibility index (Phi) is 5.39. The fourth-order valence-electron chi connectivity index (χ4n) is 3.92. The molecule has 4 rings (SSSR count). The maximum Gasteiger partial charge on any atom is 0.407 e. The van der Waals surface area contributed by atoms with Crippen LogP contribution in [0, 0.1) is 0 Å². The van der Waals surface area contributed by atoms with Crippen LogP contribution in [0.5, 0.6) is 5.75 Å². The van der Waals surface area contributed by atoms with Gasteiger partial charge in [0.2, 0.25) is 0 Å². The number of nitrogens with one attached hydrogen (secondary N) is 1. The maximum atomic E-state index is 12.5. The molecule has 6 nitrogen and oxygen atoms in total. The van der Waals surface area contributed by atoms with E-state index in [0.717, 1.165) is 22.3 Å². The quantitative estimate of drug-likeness (QED) is 0.565. The Morgan fingerprint density at radius 1 is 0.900 bits per heavy atom. The van der Waals surface area contributed by atoms with Crippen molar-refractivity contribution in [1.29, 1.82) is 0 Å². The molecule has 0 fully saturated rings. The lowest BCUT2D eigenvalue weighted by Crippen LogP contribution is -2.31. The highest BCUT2D eigenvalue weighted by atomic mass is 16.5. The summed E-state index contributed by atoms with van der Waals surface area (Å²) in [5.74, 6) is -1.06. The molecule has 0 saturated heterocycles. The zero-order chi connectivity index (χ0) is 21.1. The van der Waals surface area contributed by atoms with E-state index in [1.165, 1.54) is 12.1 Å². The van der Waals surface area contributed by atoms with Gasteiger partial charge in [-0.05, 0) is 39.9 Å². The van der Waals surface area contributed by atoms with Crippen LogP contribution in [-0.4, -0.2) is 28.9 Å². The molecule has 0 bridgehead atoms. The van der Waals surface area contributed by atoms with Crippen molar-refractivity contribution in [1.82, 2.24) is 5.32 Å². The van der Waals surface area contributed by atoms with Crippen molar-refractivity contribution in [3.63, 3.8) is 0 Å². The molecule has 0 heterocycles. The minimum atomic E-state index is -1.05. The largest absolute Gasteiger partial charge is 0.508 e. The minimum Gasteiger partial charge on any atom is -0.508 e. The molecule has 3 aromatic carbocycles. The van der Waals surface area contributed by atoms with Gasteiger partial charge in [0.05, 0.1) is 12.5 Å². The lowest BCUT2D eigenvalue weighted by Gasteiger charge is -2.19. The third-order valence-electron chi connectivity index (χ3n) is 5.31. The number of aliphatic carboxylic acids is 1. The highest BCUT2D eigenvalue weighted by molar-refractivity contribution is 5.79. The van der Waals surface area contributed by atoms with E-state index in [0.29, 0.717) is 5.56 Å². The number of phenolic OH excluding ortho intramolecular Hbond substituents is 1. The first-order valence-electron chi connectivity index (χ1n) is 9.65. The number of rotatable bonds is 6. The monoisotopic (exact) mass is 403 g/mol. The van der Waals surface area contributed by atoms with Crippen LogP contribution >= 0.6 is 0 Å². The lowest BCUT2D eigenvalue weighted by molar-refractivity contribution is -0.137. The van der Waals surface area contributed by atoms with Gasteiger partial charge >= 0.3 is 12.1 Å². The SMILES string of the molecule is O=C(O)CC(NC(=O)OCC1c2ccccc2-c2ccccc21)c1ccc(O)cc1. The predicted molar refractivity (Wildman–Crippen MR) is 111 cm³/mol. The van der Waals surface area contributed by atoms with Gasteiger partial charge in [-0.25, -0.2) is 4.79 Å². The van der Waals surface area contributed by atoms with E-state index < -0.39 is 18.1 Å². The molecule has 0 aromatic heterocycles. The van der Waals surface area contributed by atoms with E-state index in [4.69, 9.17) is 4.74 Å². The molecule has 1 unspecified atom stereocenters. The first-order chi connectivity index (χ1) is 14.5. The highest BCUT2D eigenvalue weighted by Crippen LogP contribution is 2.44. The third kappa shape index (κ3) is 3.98. The summed E-state index contributed by atoms with van der Waals surface area (Å²) < 4.78 is 5.50. The van der Waals surface area contributed by atoms with Gasteiger partial charge in [0.15, 0.2) is 0 Å². The molecule has 0 spiro atoms. The van der Waals surface area contributed by atoms with Crippen LogP contribution in [0.3, 0.4) is 0 Å². The molecule has 0 aliphatic heterocycles. The van der Waals surface area contributed by atoms with Crippen molar-refractivity contribution in [2.45, 2.75) is 18.4 Å². The number of hydrogen-bond donors (Lipinski definition) is 3. The molecule has 1 aliphatic carbocycles. The minimum absolute atomic E-state index is 0.0639. The summed E-state index contributed by atoms with van der Waals surface area (Å²) in [6.07, 6.45) is -0.981. The first kappa shape index (κ1) is 19.5. The van der Waals surface area contributed by atoms with Crippen molar-refractivity contribution in [2.24, 2.45) is 0 Å². The van der Waals surface area contributed by atoms with Gasteiger partial charge in [-0.2, -0.15) is 0 Å². The molecule has 1 atom stereocenters. The summed E-state index contributed by atoms with van der Waals surface area (Å²) in [4.78, 5) is 23.7. The molecular formula is C24H21NO5. The zero-order valence-corrected chi connectivity index (χ0v) is 16.1. The summed E-state index contributed by atoms with van der Waals surface area (Å²) >= 11 is 0. The predicted octanol–water partition coefficient (Wildman–Crippen LogP) is 4.45. The summed E-state index contributed by atoms with van der Waals surface area (Å²) in [5.41, 5.74) is 5.05. The Bertz CT molecular complexity index is 1030. The second kappa shape index (κ2) is 8.29. The topological polar surface area (TPSA) is 95.9 Å². The average Bonchev–Trinajstić information content (AvgIpc) is 3.06. The van der Waals surface area contributed by atoms with E-state index >= 15 is 0 Å². The second-order valence-corrected chi connectivity index (χ2v) is 7.21. The van der Waals surface area contributed by atoms with Gasteiger partial charge in [0.1, 0.15) is 12.4 Å². The van der Waals surface area contributed by atoms with Crippen LogP contribution in [0.2, 0.25) is 0 Å². The molecule has 0 saturated carbocycles. The van der Waals surface area contributed by atoms with Crippen molar-refractivity contribution in [2.75, 3.05) is 6.61 Å². The molecule has 3 N–H and O–H groups in total. The lowest BCUT2D eigenvalue weighted by atomic mass is 9.98. The Labute approximate surface area is 173 Å². The van der Waals surface area contributed by atoms with Gasteiger partial charge in [0.25, 0.3) is 0 Å². The number of alkyl carbamates (subject to hydrolysis) is 1. The summed E-state index contributed by atoms with van der Waals surface area (Å²) in [5, 5.41) is 21.3. The van der Waals surface area contributed by atoms with Crippen LogP contribution in [0.1, 0.15) is 35.1 Å². The fraction of sp³-hybridized carbons (Fsp3) is 0.167. The molecule has 30 heavy (non-hydrogen) atoms. The van der Waals surface area contributed by atoms with Gasteiger partial charge in [0, 0.05) is 5.92 Å². The summed E-state index contributed by atoms with van der Waals surface area (Å²) in [6.45, 7) is 0.148. The van der Waals surface area contributed by atoms with Gasteiger partial charge in [-0.1, -0.05) is 60.7 Å². The van der Waals surface area contributed by atoms with Crippen LogP contribution in [0.4, 0.5) is 4.79 Å². The molecule has 3 aromatic rings. The van der Waals surface area contributed by atoms with Crippen molar-refractivity contribution < 1.29 is 24.5 Å². The summed E-state index contributed by atoms with van der Waals surface area (Å²) in [7, 11) is 0. The molecule has 0 radical (unpaired) electrons. The Balaban J connectivity index is 1.47. The average molecular weight is 403 g/mol. The maximum absolute atomic E-state index is 12.5. The van der Waals surface area contributed by atoms with Crippen LogP contribution in [0.25, 0.3) is 11.1 Å². The Morgan fingerprint density at radius 2 is 1.47 bits per heavy atom. The van der Waals surface area contributed by atoms with Crippen molar-refractivity contribution in [3.05, 3.63) is 89.5 Å². The molecule has 1 amide bonds. The van der Waals surface area contributed by atoms with Crippen molar-refractivity contribution >= 4 is 12.1 Å². The van der Waals surface area contributed by atoms with Crippen LogP contribution < -0.4 is 5.32 Å². The number of carboxylic acid groups (broad SMARTS) is 1. The molecular weight excluding hydrogens is 382 g/mol. The standard InChI is InChI=1S/C24H21NO5/c26-16-11-9-15(10-12-16)22(13-23(27)28)25-24(29)30-14-21-19-7-3-1-5-17(19)18-6-2-4-8-20(18)21/h1-12,21-22,26H,13-14H2,(H,25,29)(H,27,28). The number of fused-ring (bicyclic) bond motifs is 3. The number of benzene rings is 3. The number of aromatic hydroxyl groups is 1. The van der Waals surface area contributed by atoms with E-state index in [2.05, 4.69) is 17.4 Å². The van der Waals surface area contributed by atoms with E-state index in [1.54, 1.807) is 12.1 Å². The fourth-order valence-corrected chi connectivity index (χ4v) is 3.92. The van der Waals surface area contributed by atoms with E-state index in [1.807, 2.05) is 36.4 Å². The normalized spacial score (nSPS) is 13.2. The molecule has 1 aliphatic rings. The number of carbonyl (C=O) groups excluding carboxylic acids is 1. The van der Waals surface area contributed by atoms with E-state index in [9.17, 15) is 19.8 Å². The zero-order valence-electron chi connectivity index (χ0n) is 16.1. The van der Waals surface area contributed by atoms with Gasteiger partial charge in [-0.15, -0.1) is 0 Å².